The Labute approximate surface area is 162 Å². The number of nitrogens with zero attached hydrogens (tertiary/aromatic N) is 1. The third kappa shape index (κ3) is 8.11. The molecule has 0 spiro atoms. The van der Waals surface area contributed by atoms with Crippen LogP contribution in [0.1, 0.15) is 63.4 Å². The molecule has 27 heavy (non-hydrogen) atoms. The van der Waals surface area contributed by atoms with Crippen LogP contribution in [0.2, 0.25) is 0 Å². The highest BCUT2D eigenvalue weighted by Gasteiger charge is 2.09. The van der Waals surface area contributed by atoms with E-state index in [0.29, 0.717) is 29.5 Å². The van der Waals surface area contributed by atoms with Gasteiger partial charge >= 0.3 is 0 Å². The Kier molecular flexibility index (Phi) is 9.94. The van der Waals surface area contributed by atoms with Crippen LogP contribution in [0, 0.1) is 5.92 Å². The number of amides is 1. The molecule has 1 amide bonds. The lowest BCUT2D eigenvalue weighted by molar-refractivity contribution is 0.1000. The molecule has 5 nitrogen and oxygen atoms in total. The van der Waals surface area contributed by atoms with Crippen LogP contribution in [0.4, 0.5) is 0 Å². The number of aromatic nitrogens is 1. The fourth-order valence-electron chi connectivity index (χ4n) is 2.40. The second kappa shape index (κ2) is 11.9. The molecule has 0 atom stereocenters. The molecule has 0 saturated carbocycles. The first kappa shape index (κ1) is 22.5. The highest BCUT2D eigenvalue weighted by Crippen LogP contribution is 2.32. The van der Waals surface area contributed by atoms with E-state index in [1.54, 1.807) is 12.1 Å². The Morgan fingerprint density at radius 2 is 1.85 bits per heavy atom. The highest BCUT2D eigenvalue weighted by molar-refractivity contribution is 5.92. The number of carbonyl (C=O) groups excluding carboxylic acids is 1. The molecular weight excluding hydrogens is 340 g/mol. The molecule has 0 radical (unpaired) electrons. The lowest BCUT2D eigenvalue weighted by atomic mass is 10.1. The van der Waals surface area contributed by atoms with Crippen LogP contribution in [0.5, 0.6) is 17.4 Å². The number of primary amides is 1. The van der Waals surface area contributed by atoms with Gasteiger partial charge in [0.2, 0.25) is 11.8 Å². The van der Waals surface area contributed by atoms with Gasteiger partial charge in [0.25, 0.3) is 0 Å². The summed E-state index contributed by atoms with van der Waals surface area (Å²) >= 11 is 0. The van der Waals surface area contributed by atoms with Crippen molar-refractivity contribution < 1.29 is 14.3 Å². The van der Waals surface area contributed by atoms with E-state index >= 15 is 0 Å². The van der Waals surface area contributed by atoms with Crippen LogP contribution in [0.15, 0.2) is 36.5 Å². The molecule has 1 heterocycles. The predicted molar refractivity (Wildman–Crippen MR) is 110 cm³/mol. The van der Waals surface area contributed by atoms with E-state index in [2.05, 4.69) is 32.7 Å². The number of aryl methyl sites for hydroxylation is 1. The van der Waals surface area contributed by atoms with Crippen molar-refractivity contribution >= 4 is 5.91 Å². The summed E-state index contributed by atoms with van der Waals surface area (Å²) in [5, 5.41) is 0. The van der Waals surface area contributed by atoms with Gasteiger partial charge in [-0.3, -0.25) is 4.79 Å². The van der Waals surface area contributed by atoms with E-state index in [1.807, 2.05) is 25.1 Å². The molecule has 148 valence electrons. The van der Waals surface area contributed by atoms with Gasteiger partial charge in [0.05, 0.1) is 12.2 Å². The maximum atomic E-state index is 11.0. The lowest BCUT2D eigenvalue weighted by Gasteiger charge is -2.12. The first-order chi connectivity index (χ1) is 12.9. The average molecular weight is 373 g/mol. The standard InChI is InChI=1S/C16H18N2O3.C6H14/c1-3-11-5-7-13(14(9-11)20-4-2)21-15-8-6-12(10-18-15)16(17)19;1-4-5-6(2)3/h5-10H,3-4H2,1-2H3,(H2,17,19);6H,4-5H2,1-3H3. The van der Waals surface area contributed by atoms with Crippen molar-refractivity contribution in [1.29, 1.82) is 0 Å². The van der Waals surface area contributed by atoms with E-state index in [-0.39, 0.29) is 0 Å². The summed E-state index contributed by atoms with van der Waals surface area (Å²) < 4.78 is 11.3. The summed E-state index contributed by atoms with van der Waals surface area (Å²) in [6.07, 6.45) is 5.02. The van der Waals surface area contributed by atoms with Crippen molar-refractivity contribution in [2.75, 3.05) is 6.61 Å². The number of benzene rings is 1. The van der Waals surface area contributed by atoms with Gasteiger partial charge in [0.15, 0.2) is 11.5 Å². The SMILES string of the molecule is CCCC(C)C.CCOc1cc(CC)ccc1Oc1ccc(C(N)=O)cn1. The van der Waals surface area contributed by atoms with Gasteiger partial charge in [-0.25, -0.2) is 4.98 Å². The number of ether oxygens (including phenoxy) is 2. The van der Waals surface area contributed by atoms with Gasteiger partial charge in [0.1, 0.15) is 0 Å². The first-order valence-corrected chi connectivity index (χ1v) is 9.60. The third-order valence-electron chi connectivity index (χ3n) is 3.82. The van der Waals surface area contributed by atoms with E-state index in [0.717, 1.165) is 12.3 Å². The van der Waals surface area contributed by atoms with Crippen LogP contribution in [-0.2, 0) is 6.42 Å². The van der Waals surface area contributed by atoms with Crippen molar-refractivity contribution in [3.05, 3.63) is 47.7 Å². The molecule has 0 aliphatic rings. The predicted octanol–water partition coefficient (Wildman–Crippen LogP) is 5.38. The zero-order valence-electron chi connectivity index (χ0n) is 17.1. The lowest BCUT2D eigenvalue weighted by Crippen LogP contribution is -2.10. The van der Waals surface area contributed by atoms with E-state index in [4.69, 9.17) is 15.2 Å². The smallest absolute Gasteiger partial charge is 0.250 e. The molecule has 0 aliphatic carbocycles. The fourth-order valence-corrected chi connectivity index (χ4v) is 2.40. The van der Waals surface area contributed by atoms with Crippen molar-refractivity contribution in [3.63, 3.8) is 0 Å². The van der Waals surface area contributed by atoms with Crippen LogP contribution in [0.25, 0.3) is 0 Å². The molecule has 1 aromatic carbocycles. The topological polar surface area (TPSA) is 74.4 Å². The Morgan fingerprint density at radius 1 is 1.11 bits per heavy atom. The second-order valence-electron chi connectivity index (χ2n) is 6.60. The molecule has 0 unspecified atom stereocenters. The summed E-state index contributed by atoms with van der Waals surface area (Å²) in [6.45, 7) is 11.3. The number of rotatable bonds is 8. The minimum Gasteiger partial charge on any atom is -0.490 e. The normalized spacial score (nSPS) is 10.1. The van der Waals surface area contributed by atoms with Gasteiger partial charge in [-0.1, -0.05) is 46.6 Å². The van der Waals surface area contributed by atoms with E-state index < -0.39 is 5.91 Å². The zero-order chi connectivity index (χ0) is 20.2. The monoisotopic (exact) mass is 372 g/mol. The summed E-state index contributed by atoms with van der Waals surface area (Å²) in [4.78, 5) is 15.1. The number of pyridine rings is 1. The minimum absolute atomic E-state index is 0.341. The molecule has 5 heteroatoms. The summed E-state index contributed by atoms with van der Waals surface area (Å²) in [6, 6.07) is 8.97. The Morgan fingerprint density at radius 3 is 2.30 bits per heavy atom. The van der Waals surface area contributed by atoms with Gasteiger partial charge in [-0.05, 0) is 43.0 Å². The highest BCUT2D eigenvalue weighted by atomic mass is 16.5. The van der Waals surface area contributed by atoms with Crippen molar-refractivity contribution in [1.82, 2.24) is 4.98 Å². The molecule has 0 saturated heterocycles. The first-order valence-electron chi connectivity index (χ1n) is 9.60. The summed E-state index contributed by atoms with van der Waals surface area (Å²) in [5.74, 6) is 2.03. The largest absolute Gasteiger partial charge is 0.490 e. The number of carbonyl (C=O) groups is 1. The average Bonchev–Trinajstić information content (AvgIpc) is 2.64. The molecule has 0 fully saturated rings. The number of hydrogen-bond acceptors (Lipinski definition) is 4. The van der Waals surface area contributed by atoms with Crippen molar-refractivity contribution in [2.24, 2.45) is 11.7 Å². The molecular formula is C22H32N2O3. The van der Waals surface area contributed by atoms with Crippen LogP contribution in [0.3, 0.4) is 0 Å². The molecule has 2 rings (SSSR count). The molecule has 2 N–H and O–H groups in total. The maximum Gasteiger partial charge on any atom is 0.250 e. The molecule has 2 aromatic rings. The van der Waals surface area contributed by atoms with Crippen LogP contribution < -0.4 is 15.2 Å². The Hall–Kier alpha value is -2.56. The maximum absolute atomic E-state index is 11.0. The fraction of sp³-hybridized carbons (Fsp3) is 0.455. The van der Waals surface area contributed by atoms with Gasteiger partial charge in [0, 0.05) is 12.3 Å². The Balaban J connectivity index is 0.000000527. The van der Waals surface area contributed by atoms with Crippen molar-refractivity contribution in [3.8, 4) is 17.4 Å². The molecule has 0 bridgehead atoms. The Bertz CT molecular complexity index is 697. The molecule has 0 aliphatic heterocycles. The summed E-state index contributed by atoms with van der Waals surface area (Å²) in [5.41, 5.74) is 6.68. The van der Waals surface area contributed by atoms with Crippen molar-refractivity contribution in [2.45, 2.75) is 53.9 Å². The van der Waals surface area contributed by atoms with E-state index in [9.17, 15) is 4.79 Å². The van der Waals surface area contributed by atoms with Crippen LogP contribution in [-0.4, -0.2) is 17.5 Å². The zero-order valence-corrected chi connectivity index (χ0v) is 17.1. The van der Waals surface area contributed by atoms with Gasteiger partial charge < -0.3 is 15.2 Å². The van der Waals surface area contributed by atoms with E-state index in [1.165, 1.54) is 24.6 Å². The molecule has 1 aromatic heterocycles. The number of hydrogen-bond donors (Lipinski definition) is 1. The third-order valence-corrected chi connectivity index (χ3v) is 3.82. The quantitative estimate of drug-likeness (QED) is 0.675. The van der Waals surface area contributed by atoms with Gasteiger partial charge in [-0.15, -0.1) is 0 Å². The van der Waals surface area contributed by atoms with Gasteiger partial charge in [-0.2, -0.15) is 0 Å². The second-order valence-corrected chi connectivity index (χ2v) is 6.60. The number of nitrogens with two attached hydrogens (primary N) is 1. The van der Waals surface area contributed by atoms with Crippen LogP contribution >= 0.6 is 0 Å². The summed E-state index contributed by atoms with van der Waals surface area (Å²) in [7, 11) is 0. The minimum atomic E-state index is -0.517.